The van der Waals surface area contributed by atoms with Crippen LogP contribution in [0.3, 0.4) is 0 Å². The van der Waals surface area contributed by atoms with Crippen LogP contribution in [0.15, 0.2) is 18.2 Å². The van der Waals surface area contributed by atoms with Gasteiger partial charge in [-0.3, -0.25) is 0 Å². The Morgan fingerprint density at radius 3 is 2.82 bits per heavy atom. The number of nitrogens with one attached hydrogen (secondary N) is 1. The summed E-state index contributed by atoms with van der Waals surface area (Å²) in [5.41, 5.74) is 1.71. The highest BCUT2D eigenvalue weighted by Crippen LogP contribution is 2.22. The number of hydrogen-bond donors (Lipinski definition) is 1. The lowest BCUT2D eigenvalue weighted by Crippen LogP contribution is -2.37. The zero-order valence-electron chi connectivity index (χ0n) is 10.8. The number of anilines is 1. The van der Waals surface area contributed by atoms with E-state index >= 15 is 0 Å². The van der Waals surface area contributed by atoms with Crippen LogP contribution in [-0.2, 0) is 0 Å². The molecule has 2 rings (SSSR count). The molecule has 2 nitrogen and oxygen atoms in total. The predicted molar refractivity (Wildman–Crippen MR) is 70.0 cm³/mol. The van der Waals surface area contributed by atoms with E-state index in [2.05, 4.69) is 24.1 Å². The Bertz CT molecular complexity index is 390. The van der Waals surface area contributed by atoms with Gasteiger partial charge >= 0.3 is 0 Å². The molecule has 1 heterocycles. The van der Waals surface area contributed by atoms with Crippen LogP contribution >= 0.6 is 0 Å². The van der Waals surface area contributed by atoms with Crippen molar-refractivity contribution >= 4 is 5.69 Å². The maximum atomic E-state index is 13.5. The van der Waals surface area contributed by atoms with Crippen LogP contribution in [0.4, 0.5) is 10.1 Å². The van der Waals surface area contributed by atoms with Crippen molar-refractivity contribution in [3.8, 4) is 0 Å². The molecule has 0 bridgehead atoms. The number of hydrogen-bond acceptors (Lipinski definition) is 2. The fraction of sp³-hybridized carbons (Fsp3) is 0.571. The van der Waals surface area contributed by atoms with Crippen LogP contribution in [0.5, 0.6) is 0 Å². The Morgan fingerprint density at radius 2 is 2.18 bits per heavy atom. The highest BCUT2D eigenvalue weighted by atomic mass is 19.1. The predicted octanol–water partition coefficient (Wildman–Crippen LogP) is 2.71. The molecular weight excluding hydrogens is 215 g/mol. The lowest BCUT2D eigenvalue weighted by Gasteiger charge is -2.20. The maximum absolute atomic E-state index is 13.5. The number of aryl methyl sites for hydroxylation is 1. The van der Waals surface area contributed by atoms with E-state index in [4.69, 9.17) is 0 Å². The Kier molecular flexibility index (Phi) is 3.67. The molecule has 1 aromatic rings. The molecule has 1 unspecified atom stereocenters. The van der Waals surface area contributed by atoms with Crippen molar-refractivity contribution in [2.24, 2.45) is 0 Å². The van der Waals surface area contributed by atoms with Crippen LogP contribution in [0.25, 0.3) is 0 Å². The van der Waals surface area contributed by atoms with Crippen LogP contribution in [-0.4, -0.2) is 25.2 Å². The van der Waals surface area contributed by atoms with E-state index in [-0.39, 0.29) is 5.82 Å². The maximum Gasteiger partial charge on any atom is 0.128 e. The van der Waals surface area contributed by atoms with Gasteiger partial charge in [-0.2, -0.15) is 0 Å². The average molecular weight is 236 g/mol. The first-order chi connectivity index (χ1) is 8.06. The van der Waals surface area contributed by atoms with Gasteiger partial charge in [-0.15, -0.1) is 0 Å². The molecule has 0 aliphatic carbocycles. The summed E-state index contributed by atoms with van der Waals surface area (Å²) >= 11 is 0. The summed E-state index contributed by atoms with van der Waals surface area (Å²) in [6, 6.07) is 6.55. The van der Waals surface area contributed by atoms with E-state index in [0.717, 1.165) is 25.2 Å². The summed E-state index contributed by atoms with van der Waals surface area (Å²) in [6.45, 7) is 8.10. The molecule has 0 aromatic heterocycles. The van der Waals surface area contributed by atoms with Gasteiger partial charge < -0.3 is 10.2 Å². The number of rotatable bonds is 3. The van der Waals surface area contributed by atoms with Gasteiger partial charge in [0.15, 0.2) is 0 Å². The summed E-state index contributed by atoms with van der Waals surface area (Å²) in [5, 5.41) is 3.53. The normalized spacial score (nSPS) is 20.3. The first-order valence-electron chi connectivity index (χ1n) is 6.33. The molecule has 1 saturated heterocycles. The molecule has 0 saturated carbocycles. The van der Waals surface area contributed by atoms with E-state index in [1.807, 2.05) is 12.1 Å². The Hall–Kier alpha value is -1.09. The van der Waals surface area contributed by atoms with Gasteiger partial charge in [-0.1, -0.05) is 19.9 Å². The van der Waals surface area contributed by atoms with E-state index in [1.165, 1.54) is 0 Å². The van der Waals surface area contributed by atoms with Crippen LogP contribution in [0, 0.1) is 12.7 Å². The number of nitrogens with zero attached hydrogens (tertiary/aromatic N) is 1. The van der Waals surface area contributed by atoms with Crippen molar-refractivity contribution in [3.63, 3.8) is 0 Å². The number of halogens is 1. The summed E-state index contributed by atoms with van der Waals surface area (Å²) in [6.07, 6.45) is 1.13. The lowest BCUT2D eigenvalue weighted by atomic mass is 10.2. The zero-order valence-corrected chi connectivity index (χ0v) is 10.8. The molecule has 1 atom stereocenters. The van der Waals surface area contributed by atoms with Gasteiger partial charge in [0, 0.05) is 30.9 Å². The molecule has 1 aromatic carbocycles. The van der Waals surface area contributed by atoms with Gasteiger partial charge in [-0.05, 0) is 31.0 Å². The fourth-order valence-electron chi connectivity index (χ4n) is 2.38. The number of benzene rings is 1. The lowest BCUT2D eigenvalue weighted by molar-refractivity contribution is 0.492. The minimum atomic E-state index is -0.109. The molecule has 1 aliphatic heterocycles. The Balaban J connectivity index is 2.02. The van der Waals surface area contributed by atoms with Crippen LogP contribution in [0.2, 0.25) is 0 Å². The van der Waals surface area contributed by atoms with Crippen molar-refractivity contribution in [1.82, 2.24) is 5.32 Å². The second kappa shape index (κ2) is 5.05. The zero-order chi connectivity index (χ0) is 12.4. The summed E-state index contributed by atoms with van der Waals surface area (Å²) in [7, 11) is 0. The smallest absolute Gasteiger partial charge is 0.128 e. The van der Waals surface area contributed by atoms with Gasteiger partial charge in [0.05, 0.1) is 0 Å². The second-order valence-electron chi connectivity index (χ2n) is 5.19. The first-order valence-corrected chi connectivity index (χ1v) is 6.33. The molecule has 17 heavy (non-hydrogen) atoms. The molecule has 0 spiro atoms. The molecular formula is C14H21FN2. The highest BCUT2D eigenvalue weighted by Gasteiger charge is 2.23. The van der Waals surface area contributed by atoms with E-state index in [0.29, 0.717) is 17.6 Å². The van der Waals surface area contributed by atoms with Gasteiger partial charge in [0.1, 0.15) is 5.82 Å². The Morgan fingerprint density at radius 1 is 1.41 bits per heavy atom. The summed E-state index contributed by atoms with van der Waals surface area (Å²) in [5.74, 6) is -0.109. The van der Waals surface area contributed by atoms with Crippen molar-refractivity contribution in [1.29, 1.82) is 0 Å². The minimum absolute atomic E-state index is 0.109. The summed E-state index contributed by atoms with van der Waals surface area (Å²) in [4.78, 5) is 2.25. The van der Waals surface area contributed by atoms with Crippen molar-refractivity contribution < 1.29 is 4.39 Å². The van der Waals surface area contributed by atoms with Crippen molar-refractivity contribution in [2.75, 3.05) is 18.0 Å². The second-order valence-corrected chi connectivity index (χ2v) is 5.19. The largest absolute Gasteiger partial charge is 0.370 e. The van der Waals surface area contributed by atoms with Crippen molar-refractivity contribution in [3.05, 3.63) is 29.6 Å². The average Bonchev–Trinajstić information content (AvgIpc) is 2.69. The van der Waals surface area contributed by atoms with Crippen LogP contribution < -0.4 is 10.2 Å². The third kappa shape index (κ3) is 2.97. The molecule has 1 fully saturated rings. The summed E-state index contributed by atoms with van der Waals surface area (Å²) < 4.78 is 13.5. The molecule has 1 N–H and O–H groups in total. The highest BCUT2D eigenvalue weighted by molar-refractivity contribution is 5.49. The monoisotopic (exact) mass is 236 g/mol. The third-order valence-corrected chi connectivity index (χ3v) is 3.28. The molecule has 0 amide bonds. The SMILES string of the molecule is Cc1ccc(N2CCC(NC(C)C)C2)cc1F. The molecule has 3 heteroatoms. The quantitative estimate of drug-likeness (QED) is 0.868. The van der Waals surface area contributed by atoms with Crippen molar-refractivity contribution in [2.45, 2.75) is 39.3 Å². The van der Waals surface area contributed by atoms with Gasteiger partial charge in [0.2, 0.25) is 0 Å². The van der Waals surface area contributed by atoms with E-state index in [1.54, 1.807) is 13.0 Å². The molecule has 0 radical (unpaired) electrons. The first kappa shape index (κ1) is 12.4. The van der Waals surface area contributed by atoms with Gasteiger partial charge in [0.25, 0.3) is 0 Å². The fourth-order valence-corrected chi connectivity index (χ4v) is 2.38. The van der Waals surface area contributed by atoms with Gasteiger partial charge in [-0.25, -0.2) is 4.39 Å². The van der Waals surface area contributed by atoms with Crippen LogP contribution in [0.1, 0.15) is 25.8 Å². The third-order valence-electron chi connectivity index (χ3n) is 3.28. The standard InChI is InChI=1S/C14H21FN2/c1-10(2)16-12-6-7-17(9-12)13-5-4-11(3)14(15)8-13/h4-5,8,10,12,16H,6-7,9H2,1-3H3. The topological polar surface area (TPSA) is 15.3 Å². The van der Waals surface area contributed by atoms with E-state index < -0.39 is 0 Å². The minimum Gasteiger partial charge on any atom is -0.370 e. The Labute approximate surface area is 103 Å². The molecule has 1 aliphatic rings. The van der Waals surface area contributed by atoms with E-state index in [9.17, 15) is 4.39 Å². The molecule has 94 valence electrons.